The molecule has 2 heterocycles. The van der Waals surface area contributed by atoms with Crippen LogP contribution in [-0.2, 0) is 11.2 Å². The molecule has 0 aliphatic carbocycles. The van der Waals surface area contributed by atoms with Crippen LogP contribution in [0.2, 0.25) is 0 Å². The molecule has 0 radical (unpaired) electrons. The molecule has 7 nitrogen and oxygen atoms in total. The number of ether oxygens (including phenoxy) is 3. The predicted octanol–water partition coefficient (Wildman–Crippen LogP) is 5.05. The van der Waals surface area contributed by atoms with Gasteiger partial charge in [-0.25, -0.2) is 4.39 Å². The SMILES string of the molecule is N#Cc1ccc(OCC(=O)N2CCC(CCc3ccc4c(c3)OCO4)CC2)c(-c2ccc(F)cc2O)c1. The second-order valence-corrected chi connectivity index (χ2v) is 9.32. The highest BCUT2D eigenvalue weighted by Gasteiger charge is 2.24. The van der Waals surface area contributed by atoms with Crippen molar-refractivity contribution in [1.82, 2.24) is 4.90 Å². The maximum absolute atomic E-state index is 13.5. The first-order chi connectivity index (χ1) is 18.0. The van der Waals surface area contributed by atoms with Crippen molar-refractivity contribution in [3.8, 4) is 40.2 Å². The number of hydrogen-bond acceptors (Lipinski definition) is 6. The number of phenolic OH excluding ortho intramolecular Hbond substituents is 1. The molecule has 2 aliphatic rings. The fraction of sp³-hybridized carbons (Fsp3) is 0.310. The van der Waals surface area contributed by atoms with Crippen molar-refractivity contribution < 1.29 is 28.5 Å². The van der Waals surface area contributed by atoms with E-state index in [0.29, 0.717) is 41.4 Å². The zero-order valence-electron chi connectivity index (χ0n) is 20.3. The summed E-state index contributed by atoms with van der Waals surface area (Å²) >= 11 is 0. The summed E-state index contributed by atoms with van der Waals surface area (Å²) in [6.45, 7) is 1.46. The quantitative estimate of drug-likeness (QED) is 0.486. The summed E-state index contributed by atoms with van der Waals surface area (Å²) in [5.74, 6) is 1.52. The van der Waals surface area contributed by atoms with E-state index in [-0.39, 0.29) is 25.1 Å². The van der Waals surface area contributed by atoms with Crippen LogP contribution in [0.25, 0.3) is 11.1 Å². The van der Waals surface area contributed by atoms with Gasteiger partial charge in [-0.3, -0.25) is 4.79 Å². The van der Waals surface area contributed by atoms with Gasteiger partial charge in [-0.2, -0.15) is 5.26 Å². The lowest BCUT2D eigenvalue weighted by Gasteiger charge is -2.32. The van der Waals surface area contributed by atoms with Crippen LogP contribution in [-0.4, -0.2) is 42.4 Å². The van der Waals surface area contributed by atoms with Gasteiger partial charge in [-0.05, 0) is 79.6 Å². The van der Waals surface area contributed by atoms with E-state index in [2.05, 4.69) is 6.07 Å². The first kappa shape index (κ1) is 24.4. The molecule has 3 aromatic rings. The van der Waals surface area contributed by atoms with Crippen molar-refractivity contribution in [1.29, 1.82) is 5.26 Å². The van der Waals surface area contributed by atoms with Crippen LogP contribution in [0.15, 0.2) is 54.6 Å². The van der Waals surface area contributed by atoms with Gasteiger partial charge in [-0.15, -0.1) is 0 Å². The molecule has 5 rings (SSSR count). The summed E-state index contributed by atoms with van der Waals surface area (Å²) in [6, 6.07) is 16.5. The molecule has 0 unspecified atom stereocenters. The summed E-state index contributed by atoms with van der Waals surface area (Å²) < 4.78 is 30.1. The van der Waals surface area contributed by atoms with Gasteiger partial charge in [0.25, 0.3) is 5.91 Å². The number of fused-ring (bicyclic) bond motifs is 1. The number of halogens is 1. The Kier molecular flexibility index (Phi) is 7.13. The van der Waals surface area contributed by atoms with Gasteiger partial charge in [0.05, 0.1) is 11.6 Å². The molecule has 8 heteroatoms. The average Bonchev–Trinajstić information content (AvgIpc) is 3.39. The summed E-state index contributed by atoms with van der Waals surface area (Å²) in [6.07, 6.45) is 3.87. The molecule has 1 N–H and O–H groups in total. The number of aromatic hydroxyl groups is 1. The third kappa shape index (κ3) is 5.61. The third-order valence-electron chi connectivity index (χ3n) is 6.96. The number of rotatable bonds is 7. The van der Waals surface area contributed by atoms with Gasteiger partial charge < -0.3 is 24.2 Å². The van der Waals surface area contributed by atoms with Crippen LogP contribution < -0.4 is 14.2 Å². The Balaban J connectivity index is 1.15. The number of benzene rings is 3. The lowest BCUT2D eigenvalue weighted by Crippen LogP contribution is -2.41. The molecule has 3 aromatic carbocycles. The van der Waals surface area contributed by atoms with Crippen LogP contribution >= 0.6 is 0 Å². The number of phenols is 1. The first-order valence-electron chi connectivity index (χ1n) is 12.3. The Morgan fingerprint density at radius 2 is 1.86 bits per heavy atom. The van der Waals surface area contributed by atoms with Gasteiger partial charge in [0, 0.05) is 30.3 Å². The molecule has 0 atom stereocenters. The lowest BCUT2D eigenvalue weighted by atomic mass is 9.90. The Morgan fingerprint density at radius 1 is 1.05 bits per heavy atom. The monoisotopic (exact) mass is 502 g/mol. The molecule has 0 aromatic heterocycles. The molecule has 1 fully saturated rings. The largest absolute Gasteiger partial charge is 0.507 e. The minimum absolute atomic E-state index is 0.118. The Labute approximate surface area is 214 Å². The van der Waals surface area contributed by atoms with Crippen LogP contribution in [0.3, 0.4) is 0 Å². The minimum atomic E-state index is -0.574. The minimum Gasteiger partial charge on any atom is -0.507 e. The summed E-state index contributed by atoms with van der Waals surface area (Å²) in [7, 11) is 0. The zero-order chi connectivity index (χ0) is 25.8. The highest BCUT2D eigenvalue weighted by molar-refractivity contribution is 5.80. The van der Waals surface area contributed by atoms with Crippen molar-refractivity contribution in [2.75, 3.05) is 26.5 Å². The average molecular weight is 503 g/mol. The van der Waals surface area contributed by atoms with Crippen LogP contribution in [0.5, 0.6) is 23.0 Å². The number of carbonyl (C=O) groups excluding carboxylic acids is 1. The number of amides is 1. The molecule has 0 saturated carbocycles. The van der Waals surface area contributed by atoms with E-state index in [1.54, 1.807) is 18.2 Å². The smallest absolute Gasteiger partial charge is 0.260 e. The van der Waals surface area contributed by atoms with Gasteiger partial charge in [-0.1, -0.05) is 6.07 Å². The highest BCUT2D eigenvalue weighted by atomic mass is 19.1. The molecular formula is C29H27FN2O5. The maximum Gasteiger partial charge on any atom is 0.260 e. The molecule has 2 aliphatic heterocycles. The Bertz CT molecular complexity index is 1340. The van der Waals surface area contributed by atoms with Gasteiger partial charge >= 0.3 is 0 Å². The summed E-state index contributed by atoms with van der Waals surface area (Å²) in [5.41, 5.74) is 2.33. The second-order valence-electron chi connectivity index (χ2n) is 9.32. The Hall–Kier alpha value is -4.25. The second kappa shape index (κ2) is 10.8. The van der Waals surface area contributed by atoms with Crippen molar-refractivity contribution in [2.24, 2.45) is 5.92 Å². The number of carbonyl (C=O) groups is 1. The molecular weight excluding hydrogens is 475 g/mol. The zero-order valence-corrected chi connectivity index (χ0v) is 20.3. The van der Waals surface area contributed by atoms with E-state index >= 15 is 0 Å². The third-order valence-corrected chi connectivity index (χ3v) is 6.96. The Morgan fingerprint density at radius 3 is 2.65 bits per heavy atom. The van der Waals surface area contributed by atoms with Crippen molar-refractivity contribution in [3.63, 3.8) is 0 Å². The van der Waals surface area contributed by atoms with Crippen LogP contribution in [0.1, 0.15) is 30.4 Å². The van der Waals surface area contributed by atoms with E-state index in [9.17, 15) is 19.6 Å². The number of piperidine rings is 1. The first-order valence-corrected chi connectivity index (χ1v) is 12.3. The van der Waals surface area contributed by atoms with E-state index in [0.717, 1.165) is 43.2 Å². The van der Waals surface area contributed by atoms with Crippen LogP contribution in [0, 0.1) is 23.1 Å². The highest BCUT2D eigenvalue weighted by Crippen LogP contribution is 2.37. The number of likely N-dealkylation sites (tertiary alicyclic amines) is 1. The van der Waals surface area contributed by atoms with Crippen molar-refractivity contribution in [2.45, 2.75) is 25.7 Å². The fourth-order valence-electron chi connectivity index (χ4n) is 4.84. The predicted molar refractivity (Wildman–Crippen MR) is 134 cm³/mol. The van der Waals surface area contributed by atoms with Crippen LogP contribution in [0.4, 0.5) is 4.39 Å². The van der Waals surface area contributed by atoms with E-state index in [4.69, 9.17) is 14.2 Å². The van der Waals surface area contributed by atoms with Gasteiger partial charge in [0.15, 0.2) is 18.1 Å². The number of hydrogen-bond donors (Lipinski definition) is 1. The molecule has 37 heavy (non-hydrogen) atoms. The fourth-order valence-corrected chi connectivity index (χ4v) is 4.84. The normalized spacial score (nSPS) is 14.9. The molecule has 1 amide bonds. The van der Waals surface area contributed by atoms with E-state index < -0.39 is 5.82 Å². The number of nitrogens with zero attached hydrogens (tertiary/aromatic N) is 2. The molecule has 190 valence electrons. The standard InChI is InChI=1S/C29H27FN2O5/c30-22-5-6-23(25(33)15-22)24-13-21(16-31)4-7-26(24)35-17-29(34)32-11-9-19(10-12-32)1-2-20-3-8-27-28(14-20)37-18-36-27/h3-8,13-15,19,33H,1-2,9-12,17-18H2. The van der Waals surface area contributed by atoms with E-state index in [1.807, 2.05) is 23.1 Å². The number of aryl methyl sites for hydroxylation is 1. The van der Waals surface area contributed by atoms with Gasteiger partial charge in [0.2, 0.25) is 6.79 Å². The molecule has 0 bridgehead atoms. The number of nitriles is 1. The molecule has 1 saturated heterocycles. The maximum atomic E-state index is 13.5. The topological polar surface area (TPSA) is 92.0 Å². The van der Waals surface area contributed by atoms with Crippen molar-refractivity contribution >= 4 is 5.91 Å². The van der Waals surface area contributed by atoms with Crippen molar-refractivity contribution in [3.05, 3.63) is 71.5 Å². The molecule has 0 spiro atoms. The lowest BCUT2D eigenvalue weighted by molar-refractivity contribution is -0.134. The summed E-state index contributed by atoms with van der Waals surface area (Å²) in [4.78, 5) is 14.7. The van der Waals surface area contributed by atoms with E-state index in [1.165, 1.54) is 17.7 Å². The van der Waals surface area contributed by atoms with Gasteiger partial charge in [0.1, 0.15) is 17.3 Å². The summed E-state index contributed by atoms with van der Waals surface area (Å²) in [5, 5.41) is 19.5.